The van der Waals surface area contributed by atoms with Crippen LogP contribution in [0.15, 0.2) is 79.1 Å². The lowest BCUT2D eigenvalue weighted by Crippen LogP contribution is -2.26. The molecule has 0 saturated carbocycles. The summed E-state index contributed by atoms with van der Waals surface area (Å²) in [6.45, 7) is 2.41. The fraction of sp³-hybridized carbons (Fsp3) is 0.143. The number of nitrogens with zero attached hydrogens (tertiary/aromatic N) is 1. The van der Waals surface area contributed by atoms with Crippen LogP contribution in [-0.4, -0.2) is 10.9 Å². The Labute approximate surface area is 147 Å². The number of pyridine rings is 1. The maximum atomic E-state index is 12.5. The van der Waals surface area contributed by atoms with Gasteiger partial charge in [-0.1, -0.05) is 42.5 Å². The minimum absolute atomic E-state index is 0.116. The van der Waals surface area contributed by atoms with Crippen molar-refractivity contribution in [1.82, 2.24) is 10.3 Å². The van der Waals surface area contributed by atoms with Crippen LogP contribution in [0, 0.1) is 0 Å². The highest BCUT2D eigenvalue weighted by molar-refractivity contribution is 5.94. The molecule has 0 fully saturated rings. The molecular formula is C21H20N2O2. The van der Waals surface area contributed by atoms with Gasteiger partial charge in [0.05, 0.1) is 6.04 Å². The average Bonchev–Trinajstić information content (AvgIpc) is 2.68. The van der Waals surface area contributed by atoms with Gasteiger partial charge >= 0.3 is 0 Å². The zero-order valence-corrected chi connectivity index (χ0v) is 14.1. The summed E-state index contributed by atoms with van der Waals surface area (Å²) in [6, 6.07) is 20.8. The van der Waals surface area contributed by atoms with E-state index in [4.69, 9.17) is 4.74 Å². The second-order valence-corrected chi connectivity index (χ2v) is 5.78. The van der Waals surface area contributed by atoms with Crippen molar-refractivity contribution in [2.75, 3.05) is 0 Å². The first-order valence-electron chi connectivity index (χ1n) is 8.20. The summed E-state index contributed by atoms with van der Waals surface area (Å²) in [5.41, 5.74) is 2.62. The number of benzene rings is 2. The van der Waals surface area contributed by atoms with E-state index in [1.165, 1.54) is 0 Å². The first-order valence-corrected chi connectivity index (χ1v) is 8.20. The Morgan fingerprint density at radius 2 is 1.92 bits per heavy atom. The molecule has 0 spiro atoms. The van der Waals surface area contributed by atoms with E-state index in [0.29, 0.717) is 17.9 Å². The van der Waals surface area contributed by atoms with Crippen molar-refractivity contribution < 1.29 is 9.53 Å². The molecule has 126 valence electrons. The third kappa shape index (κ3) is 4.67. The van der Waals surface area contributed by atoms with Crippen LogP contribution in [0.5, 0.6) is 5.75 Å². The zero-order valence-electron chi connectivity index (χ0n) is 14.1. The molecule has 0 aliphatic rings. The number of carbonyl (C=O) groups excluding carboxylic acids is 1. The number of nitrogens with one attached hydrogen (secondary N) is 1. The predicted molar refractivity (Wildman–Crippen MR) is 97.3 cm³/mol. The second kappa shape index (κ2) is 8.11. The van der Waals surface area contributed by atoms with E-state index in [1.807, 2.05) is 61.5 Å². The molecule has 1 aromatic heterocycles. The largest absolute Gasteiger partial charge is 0.489 e. The Bertz CT molecular complexity index is 820. The maximum Gasteiger partial charge on any atom is 0.251 e. The van der Waals surface area contributed by atoms with Gasteiger partial charge in [0.1, 0.15) is 12.4 Å². The fourth-order valence-electron chi connectivity index (χ4n) is 2.46. The van der Waals surface area contributed by atoms with E-state index in [0.717, 1.165) is 11.1 Å². The van der Waals surface area contributed by atoms with Crippen molar-refractivity contribution in [2.45, 2.75) is 19.6 Å². The van der Waals surface area contributed by atoms with Crippen molar-refractivity contribution in [3.05, 3.63) is 95.8 Å². The van der Waals surface area contributed by atoms with Gasteiger partial charge in [-0.15, -0.1) is 0 Å². The number of carbonyl (C=O) groups is 1. The standard InChI is InChI=1S/C21H20N2O2/c1-16(19-10-6-12-22-14-19)23-21(24)18-9-5-11-20(13-18)25-15-17-7-3-2-4-8-17/h2-14,16H,15H2,1H3,(H,23,24). The van der Waals surface area contributed by atoms with Gasteiger partial charge in [0, 0.05) is 18.0 Å². The molecule has 3 aromatic rings. The quantitative estimate of drug-likeness (QED) is 0.738. The normalized spacial score (nSPS) is 11.6. The van der Waals surface area contributed by atoms with Gasteiger partial charge in [-0.25, -0.2) is 0 Å². The molecule has 1 N–H and O–H groups in total. The Morgan fingerprint density at radius 3 is 2.68 bits per heavy atom. The van der Waals surface area contributed by atoms with Gasteiger partial charge in [-0.3, -0.25) is 9.78 Å². The molecule has 2 aromatic carbocycles. The molecular weight excluding hydrogens is 312 g/mol. The van der Waals surface area contributed by atoms with E-state index < -0.39 is 0 Å². The van der Waals surface area contributed by atoms with E-state index >= 15 is 0 Å². The van der Waals surface area contributed by atoms with Crippen molar-refractivity contribution in [2.24, 2.45) is 0 Å². The molecule has 4 heteroatoms. The zero-order chi connectivity index (χ0) is 17.5. The molecule has 25 heavy (non-hydrogen) atoms. The van der Waals surface area contributed by atoms with E-state index in [9.17, 15) is 4.79 Å². The molecule has 0 aliphatic carbocycles. The number of hydrogen-bond acceptors (Lipinski definition) is 3. The van der Waals surface area contributed by atoms with Crippen molar-refractivity contribution >= 4 is 5.91 Å². The lowest BCUT2D eigenvalue weighted by Gasteiger charge is -2.14. The number of amides is 1. The molecule has 1 atom stereocenters. The van der Waals surface area contributed by atoms with Crippen LogP contribution in [0.1, 0.15) is 34.5 Å². The van der Waals surface area contributed by atoms with Crippen LogP contribution in [0.3, 0.4) is 0 Å². The van der Waals surface area contributed by atoms with Gasteiger partial charge in [-0.2, -0.15) is 0 Å². The second-order valence-electron chi connectivity index (χ2n) is 5.78. The molecule has 1 amide bonds. The van der Waals surface area contributed by atoms with Gasteiger partial charge in [0.25, 0.3) is 5.91 Å². The first kappa shape index (κ1) is 16.7. The molecule has 1 unspecified atom stereocenters. The Morgan fingerprint density at radius 1 is 1.08 bits per heavy atom. The number of aromatic nitrogens is 1. The van der Waals surface area contributed by atoms with Crippen LogP contribution in [0.2, 0.25) is 0 Å². The third-order valence-electron chi connectivity index (χ3n) is 3.88. The predicted octanol–water partition coefficient (Wildman–Crippen LogP) is 4.15. The topological polar surface area (TPSA) is 51.2 Å². The first-order chi connectivity index (χ1) is 12.2. The molecule has 0 saturated heterocycles. The van der Waals surface area contributed by atoms with Gasteiger partial charge < -0.3 is 10.1 Å². The number of rotatable bonds is 6. The molecule has 0 bridgehead atoms. The lowest BCUT2D eigenvalue weighted by molar-refractivity contribution is 0.0939. The van der Waals surface area contributed by atoms with Crippen LogP contribution in [-0.2, 0) is 6.61 Å². The van der Waals surface area contributed by atoms with Crippen LogP contribution in [0.25, 0.3) is 0 Å². The Kier molecular flexibility index (Phi) is 5.42. The van der Waals surface area contributed by atoms with Crippen molar-refractivity contribution in [1.29, 1.82) is 0 Å². The summed E-state index contributed by atoms with van der Waals surface area (Å²) < 4.78 is 5.78. The van der Waals surface area contributed by atoms with E-state index in [1.54, 1.807) is 24.5 Å². The summed E-state index contributed by atoms with van der Waals surface area (Å²) in [6.07, 6.45) is 3.47. The summed E-state index contributed by atoms with van der Waals surface area (Å²) in [4.78, 5) is 16.5. The van der Waals surface area contributed by atoms with Gasteiger partial charge in [-0.05, 0) is 42.3 Å². The van der Waals surface area contributed by atoms with Crippen molar-refractivity contribution in [3.63, 3.8) is 0 Å². The maximum absolute atomic E-state index is 12.5. The molecule has 4 nitrogen and oxygen atoms in total. The van der Waals surface area contributed by atoms with Gasteiger partial charge in [0.2, 0.25) is 0 Å². The third-order valence-corrected chi connectivity index (χ3v) is 3.88. The number of hydrogen-bond donors (Lipinski definition) is 1. The molecule has 0 radical (unpaired) electrons. The average molecular weight is 332 g/mol. The molecule has 0 aliphatic heterocycles. The highest BCUT2D eigenvalue weighted by atomic mass is 16.5. The minimum atomic E-state index is -0.137. The Balaban J connectivity index is 1.63. The van der Waals surface area contributed by atoms with Crippen LogP contribution < -0.4 is 10.1 Å². The van der Waals surface area contributed by atoms with E-state index in [2.05, 4.69) is 10.3 Å². The van der Waals surface area contributed by atoms with Gasteiger partial charge in [0.15, 0.2) is 0 Å². The summed E-state index contributed by atoms with van der Waals surface area (Å²) in [5, 5.41) is 2.98. The van der Waals surface area contributed by atoms with Crippen molar-refractivity contribution in [3.8, 4) is 5.75 Å². The van der Waals surface area contributed by atoms with Crippen LogP contribution >= 0.6 is 0 Å². The summed E-state index contributed by atoms with van der Waals surface area (Å²) in [7, 11) is 0. The summed E-state index contributed by atoms with van der Waals surface area (Å²) >= 11 is 0. The van der Waals surface area contributed by atoms with E-state index in [-0.39, 0.29) is 11.9 Å². The Hall–Kier alpha value is -3.14. The highest BCUT2D eigenvalue weighted by Gasteiger charge is 2.12. The minimum Gasteiger partial charge on any atom is -0.489 e. The summed E-state index contributed by atoms with van der Waals surface area (Å²) in [5.74, 6) is 0.534. The van der Waals surface area contributed by atoms with Crippen LogP contribution in [0.4, 0.5) is 0 Å². The monoisotopic (exact) mass is 332 g/mol. The molecule has 3 rings (SSSR count). The molecule has 1 heterocycles. The fourth-order valence-corrected chi connectivity index (χ4v) is 2.46. The highest BCUT2D eigenvalue weighted by Crippen LogP contribution is 2.17. The SMILES string of the molecule is CC(NC(=O)c1cccc(OCc2ccccc2)c1)c1cccnc1. The number of ether oxygens (including phenoxy) is 1. The lowest BCUT2D eigenvalue weighted by atomic mass is 10.1. The smallest absolute Gasteiger partial charge is 0.251 e.